The third-order valence-corrected chi connectivity index (χ3v) is 4.19. The zero-order valence-corrected chi connectivity index (χ0v) is 10.7. The van der Waals surface area contributed by atoms with Crippen molar-refractivity contribution in [1.29, 1.82) is 0 Å². The van der Waals surface area contributed by atoms with Crippen molar-refractivity contribution < 1.29 is 9.90 Å². The van der Waals surface area contributed by atoms with Crippen LogP contribution in [0.4, 0.5) is 0 Å². The Hall–Kier alpha value is -0.530. The van der Waals surface area contributed by atoms with Crippen LogP contribution in [-0.4, -0.2) is 11.1 Å². The summed E-state index contributed by atoms with van der Waals surface area (Å²) in [6, 6.07) is 0. The summed E-state index contributed by atoms with van der Waals surface area (Å²) in [4.78, 5) is 10.6. The zero-order chi connectivity index (χ0) is 12.0. The van der Waals surface area contributed by atoms with Crippen molar-refractivity contribution in [3.05, 3.63) is 0 Å². The summed E-state index contributed by atoms with van der Waals surface area (Å²) in [7, 11) is 0. The third-order valence-electron chi connectivity index (χ3n) is 4.19. The second-order valence-corrected chi connectivity index (χ2v) is 5.58. The molecule has 1 N–H and O–H groups in total. The van der Waals surface area contributed by atoms with Crippen LogP contribution in [-0.2, 0) is 4.79 Å². The first-order valence-electron chi connectivity index (χ1n) is 6.83. The van der Waals surface area contributed by atoms with Gasteiger partial charge in [-0.3, -0.25) is 4.79 Å². The van der Waals surface area contributed by atoms with Crippen LogP contribution in [0.1, 0.15) is 65.2 Å². The molecule has 0 heterocycles. The summed E-state index contributed by atoms with van der Waals surface area (Å²) in [5.74, 6) is 1.57. The number of aliphatic carboxylic acids is 1. The molecule has 1 saturated carbocycles. The molecule has 0 radical (unpaired) electrons. The van der Waals surface area contributed by atoms with Gasteiger partial charge in [-0.1, -0.05) is 46.0 Å². The van der Waals surface area contributed by atoms with Gasteiger partial charge in [0.1, 0.15) is 0 Å². The fraction of sp³-hybridized carbons (Fsp3) is 0.929. The van der Waals surface area contributed by atoms with Gasteiger partial charge in [0.15, 0.2) is 0 Å². The molecule has 2 heteroatoms. The Morgan fingerprint density at radius 3 is 2.31 bits per heavy atom. The van der Waals surface area contributed by atoms with E-state index in [4.69, 9.17) is 5.11 Å². The molecule has 1 rings (SSSR count). The normalized spacial score (nSPS) is 27.6. The molecule has 0 saturated heterocycles. The smallest absolute Gasteiger partial charge is 0.303 e. The number of hydrogen-bond acceptors (Lipinski definition) is 1. The van der Waals surface area contributed by atoms with Gasteiger partial charge in [-0.05, 0) is 30.6 Å². The lowest BCUT2D eigenvalue weighted by molar-refractivity contribution is -0.138. The number of carboxylic acid groups (broad SMARTS) is 1. The molecule has 1 atom stereocenters. The summed E-state index contributed by atoms with van der Waals surface area (Å²) in [6.45, 7) is 4.59. The first-order chi connectivity index (χ1) is 7.61. The minimum absolute atomic E-state index is 0.387. The van der Waals surface area contributed by atoms with Crippen LogP contribution in [0.15, 0.2) is 0 Å². The van der Waals surface area contributed by atoms with Gasteiger partial charge in [0.05, 0.1) is 0 Å². The van der Waals surface area contributed by atoms with Crippen molar-refractivity contribution in [2.24, 2.45) is 17.8 Å². The molecule has 0 bridgehead atoms. The van der Waals surface area contributed by atoms with E-state index in [1.807, 2.05) is 0 Å². The highest BCUT2D eigenvalue weighted by Crippen LogP contribution is 2.34. The lowest BCUT2D eigenvalue weighted by Crippen LogP contribution is -2.17. The molecule has 94 valence electrons. The van der Waals surface area contributed by atoms with E-state index in [2.05, 4.69) is 13.8 Å². The first-order valence-corrected chi connectivity index (χ1v) is 6.83. The molecular weight excluding hydrogens is 200 g/mol. The van der Waals surface area contributed by atoms with Crippen LogP contribution in [0.5, 0.6) is 0 Å². The molecule has 0 aromatic heterocycles. The Labute approximate surface area is 99.4 Å². The molecule has 0 amide bonds. The number of carboxylic acids is 1. The van der Waals surface area contributed by atoms with E-state index < -0.39 is 5.97 Å². The van der Waals surface area contributed by atoms with Crippen LogP contribution in [0.2, 0.25) is 0 Å². The van der Waals surface area contributed by atoms with Gasteiger partial charge in [-0.25, -0.2) is 0 Å². The van der Waals surface area contributed by atoms with Crippen molar-refractivity contribution in [2.75, 3.05) is 0 Å². The van der Waals surface area contributed by atoms with Gasteiger partial charge in [-0.15, -0.1) is 0 Å². The van der Waals surface area contributed by atoms with Crippen LogP contribution < -0.4 is 0 Å². The molecule has 1 fully saturated rings. The summed E-state index contributed by atoms with van der Waals surface area (Å²) in [5, 5.41) is 8.74. The number of carbonyl (C=O) groups is 1. The second-order valence-electron chi connectivity index (χ2n) is 5.58. The van der Waals surface area contributed by atoms with E-state index in [1.54, 1.807) is 0 Å². The second kappa shape index (κ2) is 6.93. The molecule has 1 aliphatic rings. The summed E-state index contributed by atoms with van der Waals surface area (Å²) in [6.07, 6.45) is 9.17. The van der Waals surface area contributed by atoms with Gasteiger partial charge in [0.2, 0.25) is 0 Å². The average molecular weight is 226 g/mol. The SMILES string of the molecule is CCC(C)CC[C@H]1CC[C@@H](CC(=O)O)CC1. The molecule has 0 aromatic carbocycles. The standard InChI is InChI=1S/C14H26O2/c1-3-11(2)4-5-12-6-8-13(9-7-12)10-14(15)16/h11-13H,3-10H2,1-2H3,(H,15,16)/t11?,12-,13+. The fourth-order valence-corrected chi connectivity index (χ4v) is 2.70. The zero-order valence-electron chi connectivity index (χ0n) is 10.7. The Bertz CT molecular complexity index is 205. The Kier molecular flexibility index (Phi) is 5.86. The highest BCUT2D eigenvalue weighted by molar-refractivity contribution is 5.67. The van der Waals surface area contributed by atoms with Crippen LogP contribution in [0, 0.1) is 17.8 Å². The Balaban J connectivity index is 2.14. The van der Waals surface area contributed by atoms with Crippen LogP contribution >= 0.6 is 0 Å². The van der Waals surface area contributed by atoms with E-state index >= 15 is 0 Å². The van der Waals surface area contributed by atoms with Crippen molar-refractivity contribution in [3.8, 4) is 0 Å². The highest BCUT2D eigenvalue weighted by Gasteiger charge is 2.22. The molecule has 1 unspecified atom stereocenters. The quantitative estimate of drug-likeness (QED) is 0.740. The molecule has 0 aromatic rings. The molecular formula is C14H26O2. The maximum atomic E-state index is 10.6. The molecule has 2 nitrogen and oxygen atoms in total. The first kappa shape index (κ1) is 13.5. The predicted molar refractivity (Wildman–Crippen MR) is 66.4 cm³/mol. The molecule has 1 aliphatic carbocycles. The average Bonchev–Trinajstić information content (AvgIpc) is 2.27. The van der Waals surface area contributed by atoms with Gasteiger partial charge in [-0.2, -0.15) is 0 Å². The molecule has 0 aliphatic heterocycles. The molecule has 16 heavy (non-hydrogen) atoms. The summed E-state index contributed by atoms with van der Waals surface area (Å²) < 4.78 is 0. The maximum absolute atomic E-state index is 10.6. The molecule has 0 spiro atoms. The highest BCUT2D eigenvalue weighted by atomic mass is 16.4. The van der Waals surface area contributed by atoms with E-state index in [1.165, 1.54) is 32.1 Å². The monoisotopic (exact) mass is 226 g/mol. The Morgan fingerprint density at radius 1 is 1.25 bits per heavy atom. The van der Waals surface area contributed by atoms with E-state index in [0.29, 0.717) is 12.3 Å². The minimum Gasteiger partial charge on any atom is -0.481 e. The van der Waals surface area contributed by atoms with Gasteiger partial charge >= 0.3 is 5.97 Å². The van der Waals surface area contributed by atoms with Crippen molar-refractivity contribution >= 4 is 5.97 Å². The lowest BCUT2D eigenvalue weighted by Gasteiger charge is -2.28. The largest absolute Gasteiger partial charge is 0.481 e. The fourth-order valence-electron chi connectivity index (χ4n) is 2.70. The van der Waals surface area contributed by atoms with Crippen molar-refractivity contribution in [2.45, 2.75) is 65.2 Å². The predicted octanol–water partition coefficient (Wildman–Crippen LogP) is 4.09. The summed E-state index contributed by atoms with van der Waals surface area (Å²) in [5.41, 5.74) is 0. The van der Waals surface area contributed by atoms with E-state index in [9.17, 15) is 4.79 Å². The van der Waals surface area contributed by atoms with Gasteiger partial charge in [0.25, 0.3) is 0 Å². The third kappa shape index (κ3) is 5.00. The van der Waals surface area contributed by atoms with Crippen molar-refractivity contribution in [3.63, 3.8) is 0 Å². The topological polar surface area (TPSA) is 37.3 Å². The number of hydrogen-bond donors (Lipinski definition) is 1. The van der Waals surface area contributed by atoms with E-state index in [0.717, 1.165) is 24.7 Å². The minimum atomic E-state index is -0.622. The van der Waals surface area contributed by atoms with Crippen LogP contribution in [0.25, 0.3) is 0 Å². The van der Waals surface area contributed by atoms with Crippen LogP contribution in [0.3, 0.4) is 0 Å². The van der Waals surface area contributed by atoms with E-state index in [-0.39, 0.29) is 0 Å². The number of rotatable bonds is 6. The maximum Gasteiger partial charge on any atom is 0.303 e. The lowest BCUT2D eigenvalue weighted by atomic mass is 9.78. The van der Waals surface area contributed by atoms with Crippen molar-refractivity contribution in [1.82, 2.24) is 0 Å². The summed E-state index contributed by atoms with van der Waals surface area (Å²) >= 11 is 0. The Morgan fingerprint density at radius 2 is 1.81 bits per heavy atom. The van der Waals surface area contributed by atoms with Gasteiger partial charge in [0, 0.05) is 6.42 Å². The van der Waals surface area contributed by atoms with Gasteiger partial charge < -0.3 is 5.11 Å².